The average Bonchev–Trinajstić information content (AvgIpc) is 2.90. The molecule has 0 saturated carbocycles. The maximum absolute atomic E-state index is 11.6. The molecule has 1 atom stereocenters. The van der Waals surface area contributed by atoms with E-state index in [-0.39, 0.29) is 12.0 Å². The van der Waals surface area contributed by atoms with Crippen LogP contribution in [0.2, 0.25) is 0 Å². The second kappa shape index (κ2) is 6.43. The van der Waals surface area contributed by atoms with Crippen LogP contribution < -0.4 is 15.8 Å². The summed E-state index contributed by atoms with van der Waals surface area (Å²) in [7, 11) is 0. The van der Waals surface area contributed by atoms with E-state index in [4.69, 9.17) is 15.2 Å². The zero-order chi connectivity index (χ0) is 13.7. The molecule has 1 amide bonds. The number of nitrogen functional groups attached to an aromatic ring is 1. The molecule has 0 aromatic heterocycles. The summed E-state index contributed by atoms with van der Waals surface area (Å²) in [6.07, 6.45) is 2.26. The molecule has 0 bridgehead atoms. The van der Waals surface area contributed by atoms with Crippen molar-refractivity contribution in [2.75, 3.05) is 25.5 Å². The number of anilines is 1. The van der Waals surface area contributed by atoms with Gasteiger partial charge in [-0.3, -0.25) is 4.79 Å². The first-order chi connectivity index (χ1) is 9.20. The molecule has 0 spiro atoms. The van der Waals surface area contributed by atoms with Gasteiger partial charge in [-0.25, -0.2) is 0 Å². The van der Waals surface area contributed by atoms with Crippen LogP contribution in [0, 0.1) is 0 Å². The molecule has 19 heavy (non-hydrogen) atoms. The van der Waals surface area contributed by atoms with Crippen molar-refractivity contribution in [1.29, 1.82) is 0 Å². The van der Waals surface area contributed by atoms with E-state index in [9.17, 15) is 4.79 Å². The van der Waals surface area contributed by atoms with Crippen molar-refractivity contribution in [2.24, 2.45) is 0 Å². The molecule has 3 N–H and O–H groups in total. The first-order valence-corrected chi connectivity index (χ1v) is 6.63. The second-order valence-corrected chi connectivity index (χ2v) is 4.56. The Hall–Kier alpha value is -1.75. The van der Waals surface area contributed by atoms with Gasteiger partial charge in [0.25, 0.3) is 5.91 Å². The minimum atomic E-state index is -0.125. The quantitative estimate of drug-likeness (QED) is 0.792. The first-order valence-electron chi connectivity index (χ1n) is 6.63. The Balaban J connectivity index is 1.96. The molecule has 5 heteroatoms. The molecule has 1 fully saturated rings. The van der Waals surface area contributed by atoms with E-state index >= 15 is 0 Å². The Morgan fingerprint density at radius 2 is 2.42 bits per heavy atom. The molecule has 1 saturated heterocycles. The van der Waals surface area contributed by atoms with Gasteiger partial charge in [-0.05, 0) is 38.0 Å². The molecule has 2 rings (SSSR count). The van der Waals surface area contributed by atoms with E-state index < -0.39 is 0 Å². The third-order valence-corrected chi connectivity index (χ3v) is 3.06. The van der Waals surface area contributed by atoms with Crippen LogP contribution in [0.5, 0.6) is 5.75 Å². The third kappa shape index (κ3) is 3.61. The fourth-order valence-electron chi connectivity index (χ4n) is 2.04. The van der Waals surface area contributed by atoms with Crippen molar-refractivity contribution in [2.45, 2.75) is 25.9 Å². The van der Waals surface area contributed by atoms with E-state index in [1.165, 1.54) is 0 Å². The first kappa shape index (κ1) is 13.7. The summed E-state index contributed by atoms with van der Waals surface area (Å²) < 4.78 is 11.1. The van der Waals surface area contributed by atoms with E-state index in [0.717, 1.165) is 19.4 Å². The average molecular weight is 264 g/mol. The topological polar surface area (TPSA) is 73.6 Å². The summed E-state index contributed by atoms with van der Waals surface area (Å²) in [5.74, 6) is 0.475. The highest BCUT2D eigenvalue weighted by atomic mass is 16.5. The van der Waals surface area contributed by atoms with Crippen LogP contribution in [0.15, 0.2) is 18.2 Å². The summed E-state index contributed by atoms with van der Waals surface area (Å²) in [5, 5.41) is 2.73. The Morgan fingerprint density at radius 3 is 3.05 bits per heavy atom. The van der Waals surface area contributed by atoms with Crippen LogP contribution in [-0.4, -0.2) is 31.8 Å². The van der Waals surface area contributed by atoms with Crippen LogP contribution in [0.3, 0.4) is 0 Å². The number of nitrogens with two attached hydrogens (primary N) is 1. The van der Waals surface area contributed by atoms with Crippen LogP contribution in [-0.2, 0) is 4.74 Å². The number of carbonyl (C=O) groups is 1. The fourth-order valence-corrected chi connectivity index (χ4v) is 2.04. The van der Waals surface area contributed by atoms with Gasteiger partial charge >= 0.3 is 0 Å². The Morgan fingerprint density at radius 1 is 1.58 bits per heavy atom. The highest BCUT2D eigenvalue weighted by molar-refractivity contribution is 5.95. The zero-order valence-corrected chi connectivity index (χ0v) is 11.1. The number of rotatable bonds is 5. The van der Waals surface area contributed by atoms with Crippen molar-refractivity contribution in [3.8, 4) is 5.75 Å². The van der Waals surface area contributed by atoms with Gasteiger partial charge in [0, 0.05) is 18.7 Å². The summed E-state index contributed by atoms with van der Waals surface area (Å²) in [4.78, 5) is 11.6. The van der Waals surface area contributed by atoms with Crippen molar-refractivity contribution in [1.82, 2.24) is 5.32 Å². The van der Waals surface area contributed by atoms with Gasteiger partial charge in [0.2, 0.25) is 0 Å². The standard InChI is InChI=1S/C14H20N2O3/c1-2-16-14(17)10-5-6-13(12(15)8-10)19-9-11-4-3-7-18-11/h5-6,8,11H,2-4,7,9,15H2,1H3,(H,16,17). The highest BCUT2D eigenvalue weighted by Crippen LogP contribution is 2.24. The lowest BCUT2D eigenvalue weighted by Gasteiger charge is -2.13. The monoisotopic (exact) mass is 264 g/mol. The van der Waals surface area contributed by atoms with Crippen molar-refractivity contribution in [3.63, 3.8) is 0 Å². The Bertz CT molecular complexity index is 442. The molecule has 1 aromatic carbocycles. The minimum Gasteiger partial charge on any atom is -0.489 e. The molecule has 0 aliphatic carbocycles. The van der Waals surface area contributed by atoms with Gasteiger partial charge in [-0.2, -0.15) is 0 Å². The predicted molar refractivity (Wildman–Crippen MR) is 73.3 cm³/mol. The molecular weight excluding hydrogens is 244 g/mol. The van der Waals surface area contributed by atoms with Crippen molar-refractivity contribution >= 4 is 11.6 Å². The normalized spacial score (nSPS) is 18.3. The second-order valence-electron chi connectivity index (χ2n) is 4.56. The maximum atomic E-state index is 11.6. The zero-order valence-electron chi connectivity index (χ0n) is 11.1. The summed E-state index contributed by atoms with van der Waals surface area (Å²) in [6.45, 7) is 3.78. The highest BCUT2D eigenvalue weighted by Gasteiger charge is 2.16. The molecule has 1 unspecified atom stereocenters. The SMILES string of the molecule is CCNC(=O)c1ccc(OCC2CCCO2)c(N)c1. The number of amides is 1. The molecule has 1 aliphatic rings. The molecule has 1 aromatic rings. The van der Waals surface area contributed by atoms with Crippen molar-refractivity contribution in [3.05, 3.63) is 23.8 Å². The van der Waals surface area contributed by atoms with E-state index in [1.54, 1.807) is 18.2 Å². The number of benzene rings is 1. The summed E-state index contributed by atoms with van der Waals surface area (Å²) in [5.41, 5.74) is 6.91. The lowest BCUT2D eigenvalue weighted by atomic mass is 10.1. The van der Waals surface area contributed by atoms with Gasteiger partial charge in [0.15, 0.2) is 0 Å². The summed E-state index contributed by atoms with van der Waals surface area (Å²) >= 11 is 0. The van der Waals surface area contributed by atoms with Crippen LogP contribution in [0.4, 0.5) is 5.69 Å². The van der Waals surface area contributed by atoms with Gasteiger partial charge in [-0.15, -0.1) is 0 Å². The smallest absolute Gasteiger partial charge is 0.251 e. The Labute approximate surface area is 113 Å². The number of hydrogen-bond donors (Lipinski definition) is 2. The van der Waals surface area contributed by atoms with E-state index in [1.807, 2.05) is 6.92 Å². The van der Waals surface area contributed by atoms with Gasteiger partial charge in [-0.1, -0.05) is 0 Å². The lowest BCUT2D eigenvalue weighted by Crippen LogP contribution is -2.22. The van der Waals surface area contributed by atoms with E-state index in [0.29, 0.717) is 30.2 Å². The summed E-state index contributed by atoms with van der Waals surface area (Å²) in [6, 6.07) is 5.08. The molecule has 104 valence electrons. The lowest BCUT2D eigenvalue weighted by molar-refractivity contribution is 0.0682. The van der Waals surface area contributed by atoms with Crippen LogP contribution >= 0.6 is 0 Å². The molecule has 1 aliphatic heterocycles. The molecular formula is C14H20N2O3. The van der Waals surface area contributed by atoms with Crippen molar-refractivity contribution < 1.29 is 14.3 Å². The van der Waals surface area contributed by atoms with Gasteiger partial charge < -0.3 is 20.5 Å². The van der Waals surface area contributed by atoms with Gasteiger partial charge in [0.05, 0.1) is 11.8 Å². The van der Waals surface area contributed by atoms with Crippen LogP contribution in [0.1, 0.15) is 30.1 Å². The minimum absolute atomic E-state index is 0.125. The number of hydrogen-bond acceptors (Lipinski definition) is 4. The maximum Gasteiger partial charge on any atom is 0.251 e. The van der Waals surface area contributed by atoms with E-state index in [2.05, 4.69) is 5.32 Å². The number of nitrogens with one attached hydrogen (secondary N) is 1. The Kier molecular flexibility index (Phi) is 4.63. The molecule has 5 nitrogen and oxygen atoms in total. The fraction of sp³-hybridized carbons (Fsp3) is 0.500. The molecule has 0 radical (unpaired) electrons. The predicted octanol–water partition coefficient (Wildman–Crippen LogP) is 1.58. The third-order valence-electron chi connectivity index (χ3n) is 3.06. The molecule has 1 heterocycles. The largest absolute Gasteiger partial charge is 0.489 e. The number of carbonyl (C=O) groups excluding carboxylic acids is 1. The van der Waals surface area contributed by atoms with Crippen LogP contribution in [0.25, 0.3) is 0 Å². The number of ether oxygens (including phenoxy) is 2. The van der Waals surface area contributed by atoms with Gasteiger partial charge in [0.1, 0.15) is 12.4 Å².